The molecule has 1 amide bonds. The van der Waals surface area contributed by atoms with E-state index in [-0.39, 0.29) is 12.2 Å². The Kier molecular flexibility index (Phi) is 5.47. The predicted octanol–water partition coefficient (Wildman–Crippen LogP) is 2.70. The Balaban J connectivity index is 1.61. The number of nitrogens with zero attached hydrogens (tertiary/aromatic N) is 2. The SMILES string of the molecule is C=CCOC(=O)[C@@H]1N2C(=O)C(Br)(C(O)C(=O)c3cnc4ccccc4c3)[C@H]2SC1(C)C. The van der Waals surface area contributed by atoms with E-state index in [0.717, 1.165) is 10.9 Å². The van der Waals surface area contributed by atoms with Crippen molar-refractivity contribution in [3.05, 3.63) is 54.7 Å². The van der Waals surface area contributed by atoms with Crippen molar-refractivity contribution in [1.29, 1.82) is 0 Å². The van der Waals surface area contributed by atoms with Gasteiger partial charge in [-0.15, -0.1) is 11.8 Å². The van der Waals surface area contributed by atoms with E-state index in [9.17, 15) is 19.5 Å². The first-order valence-electron chi connectivity index (χ1n) is 9.67. The fourth-order valence-corrected chi connectivity index (χ4v) is 6.61. The lowest BCUT2D eigenvalue weighted by Gasteiger charge is -2.51. The zero-order valence-corrected chi connectivity index (χ0v) is 19.4. The third kappa shape index (κ3) is 3.30. The Hall–Kier alpha value is -2.23. The first-order chi connectivity index (χ1) is 14.6. The summed E-state index contributed by atoms with van der Waals surface area (Å²) in [7, 11) is 0. The average molecular weight is 505 g/mol. The number of alkyl halides is 1. The molecule has 2 fully saturated rings. The highest BCUT2D eigenvalue weighted by atomic mass is 79.9. The van der Waals surface area contributed by atoms with Gasteiger partial charge in [-0.25, -0.2) is 4.79 Å². The summed E-state index contributed by atoms with van der Waals surface area (Å²) in [4.78, 5) is 44.5. The number of ketones is 1. The van der Waals surface area contributed by atoms with Crippen molar-refractivity contribution < 1.29 is 24.2 Å². The average Bonchev–Trinajstić information content (AvgIpc) is 3.04. The first kappa shape index (κ1) is 22.0. The number of aliphatic hydroxyl groups is 1. The molecule has 4 rings (SSSR count). The molecule has 2 aromatic rings. The highest BCUT2D eigenvalue weighted by molar-refractivity contribution is 9.10. The summed E-state index contributed by atoms with van der Waals surface area (Å²) in [6, 6.07) is 8.13. The van der Waals surface area contributed by atoms with E-state index in [4.69, 9.17) is 4.74 Å². The Bertz CT molecular complexity index is 1110. The van der Waals surface area contributed by atoms with E-state index in [1.807, 2.05) is 38.1 Å². The van der Waals surface area contributed by atoms with Gasteiger partial charge in [-0.1, -0.05) is 46.8 Å². The molecular weight excluding hydrogens is 484 g/mol. The fraction of sp³-hybridized carbons (Fsp3) is 0.364. The Morgan fingerprint density at radius 2 is 2.13 bits per heavy atom. The van der Waals surface area contributed by atoms with Gasteiger partial charge in [-0.3, -0.25) is 14.6 Å². The van der Waals surface area contributed by atoms with Gasteiger partial charge in [-0.2, -0.15) is 0 Å². The van der Waals surface area contributed by atoms with Crippen LogP contribution in [0, 0.1) is 0 Å². The second-order valence-electron chi connectivity index (χ2n) is 8.06. The van der Waals surface area contributed by atoms with Crippen LogP contribution in [0.3, 0.4) is 0 Å². The quantitative estimate of drug-likeness (QED) is 0.212. The van der Waals surface area contributed by atoms with Gasteiger partial charge >= 0.3 is 5.97 Å². The number of hydrogen-bond donors (Lipinski definition) is 1. The zero-order valence-electron chi connectivity index (χ0n) is 16.9. The number of hydrogen-bond acceptors (Lipinski definition) is 7. The number of benzene rings is 1. The minimum Gasteiger partial charge on any atom is -0.460 e. The number of β-lactam (4-membered cyclic amide) rings is 1. The molecule has 0 aliphatic carbocycles. The molecule has 4 atom stereocenters. The maximum Gasteiger partial charge on any atom is 0.330 e. The second-order valence-corrected chi connectivity index (χ2v) is 11.1. The number of ether oxygens (including phenoxy) is 1. The molecule has 0 bridgehead atoms. The minimum absolute atomic E-state index is 0.0400. The van der Waals surface area contributed by atoms with Crippen LogP contribution < -0.4 is 0 Å². The van der Waals surface area contributed by atoms with Crippen molar-refractivity contribution in [1.82, 2.24) is 9.88 Å². The highest BCUT2D eigenvalue weighted by Gasteiger charge is 2.74. The number of fused-ring (bicyclic) bond motifs is 2. The summed E-state index contributed by atoms with van der Waals surface area (Å²) in [5.41, 5.74) is 0.933. The molecule has 0 radical (unpaired) electrons. The van der Waals surface area contributed by atoms with Crippen LogP contribution >= 0.6 is 27.7 Å². The topological polar surface area (TPSA) is 96.8 Å². The standard InChI is InChI=1S/C22H21BrN2O5S/c1-4-9-30-18(28)16-21(2,3)31-20-22(23,19(29)25(16)20)17(27)15(26)13-10-12-7-5-6-8-14(12)24-11-13/h4-8,10-11,16-17,20,27H,1,9H2,2-3H3/t16-,17?,20+,22?/m0/s1. The van der Waals surface area contributed by atoms with Crippen LogP contribution in [0.1, 0.15) is 24.2 Å². The van der Waals surface area contributed by atoms with Gasteiger partial charge in [0, 0.05) is 21.9 Å². The van der Waals surface area contributed by atoms with Crippen molar-refractivity contribution in [3.63, 3.8) is 0 Å². The molecule has 0 saturated carbocycles. The van der Waals surface area contributed by atoms with Gasteiger partial charge in [0.1, 0.15) is 24.1 Å². The van der Waals surface area contributed by atoms with Crippen LogP contribution in [-0.4, -0.2) is 65.8 Å². The van der Waals surface area contributed by atoms with Crippen molar-refractivity contribution in [3.8, 4) is 0 Å². The first-order valence-corrected chi connectivity index (χ1v) is 11.3. The molecule has 2 saturated heterocycles. The zero-order chi connectivity index (χ0) is 22.6. The largest absolute Gasteiger partial charge is 0.460 e. The third-order valence-corrected chi connectivity index (χ3v) is 8.78. The van der Waals surface area contributed by atoms with Crippen molar-refractivity contribution >= 4 is 56.3 Å². The third-order valence-electron chi connectivity index (χ3n) is 5.61. The number of aliphatic hydroxyl groups excluding tert-OH is 1. The number of esters is 1. The Morgan fingerprint density at radius 1 is 1.42 bits per heavy atom. The Morgan fingerprint density at radius 3 is 2.84 bits per heavy atom. The van der Waals surface area contributed by atoms with Crippen LogP contribution in [0.5, 0.6) is 0 Å². The molecule has 0 spiro atoms. The van der Waals surface area contributed by atoms with Gasteiger partial charge in [0.05, 0.1) is 5.52 Å². The predicted molar refractivity (Wildman–Crippen MR) is 121 cm³/mol. The van der Waals surface area contributed by atoms with Crippen LogP contribution in [0.15, 0.2) is 49.2 Å². The van der Waals surface area contributed by atoms with Gasteiger partial charge in [0.15, 0.2) is 10.1 Å². The molecule has 9 heteroatoms. The molecule has 3 heterocycles. The lowest BCUT2D eigenvalue weighted by atomic mass is 9.84. The highest BCUT2D eigenvalue weighted by Crippen LogP contribution is 2.59. The number of halogens is 1. The Labute approximate surface area is 192 Å². The minimum atomic E-state index is -1.64. The van der Waals surface area contributed by atoms with E-state index in [2.05, 4.69) is 27.5 Å². The number of para-hydroxylation sites is 1. The summed E-state index contributed by atoms with van der Waals surface area (Å²) in [5.74, 6) is -1.67. The number of carbonyl (C=O) groups is 3. The van der Waals surface area contributed by atoms with E-state index >= 15 is 0 Å². The van der Waals surface area contributed by atoms with Gasteiger partial charge in [0.2, 0.25) is 5.91 Å². The monoisotopic (exact) mass is 504 g/mol. The van der Waals surface area contributed by atoms with Gasteiger partial charge in [0.25, 0.3) is 0 Å². The number of thioether (sulfide) groups is 1. The van der Waals surface area contributed by atoms with Gasteiger partial charge < -0.3 is 14.7 Å². The number of aromatic nitrogens is 1. The molecule has 2 aliphatic rings. The van der Waals surface area contributed by atoms with Crippen molar-refractivity contribution in [2.45, 2.75) is 40.4 Å². The fourth-order valence-electron chi connectivity index (χ4n) is 4.05. The molecule has 31 heavy (non-hydrogen) atoms. The summed E-state index contributed by atoms with van der Waals surface area (Å²) >= 11 is 4.71. The number of carbonyl (C=O) groups excluding carboxylic acids is 3. The molecular formula is C22H21BrN2O5S. The van der Waals surface area contributed by atoms with Gasteiger partial charge in [-0.05, 0) is 26.0 Å². The van der Waals surface area contributed by atoms with E-state index in [1.165, 1.54) is 28.9 Å². The summed E-state index contributed by atoms with van der Waals surface area (Å²) in [5, 5.41) is 11.1. The lowest BCUT2D eigenvalue weighted by Crippen LogP contribution is -2.75. The number of amides is 1. The summed E-state index contributed by atoms with van der Waals surface area (Å²) in [6.45, 7) is 7.23. The summed E-state index contributed by atoms with van der Waals surface area (Å²) < 4.78 is 2.98. The molecule has 162 valence electrons. The van der Waals surface area contributed by atoms with Crippen LogP contribution in [0.25, 0.3) is 10.9 Å². The number of pyridine rings is 1. The maximum atomic E-state index is 13.1. The lowest BCUT2D eigenvalue weighted by molar-refractivity contribution is -0.166. The van der Waals surface area contributed by atoms with E-state index < -0.39 is 44.3 Å². The maximum absolute atomic E-state index is 13.1. The number of Topliss-reactive ketones (excluding diaryl/α,β-unsaturated/α-hetero) is 1. The molecule has 1 aromatic carbocycles. The van der Waals surface area contributed by atoms with E-state index in [0.29, 0.717) is 0 Å². The van der Waals surface area contributed by atoms with Crippen molar-refractivity contribution in [2.24, 2.45) is 0 Å². The molecule has 7 nitrogen and oxygen atoms in total. The smallest absolute Gasteiger partial charge is 0.330 e. The van der Waals surface area contributed by atoms with Crippen molar-refractivity contribution in [2.75, 3.05) is 6.61 Å². The normalized spacial score (nSPS) is 27.4. The second kappa shape index (κ2) is 7.72. The molecule has 1 N–H and O–H groups in total. The van der Waals surface area contributed by atoms with Crippen LogP contribution in [0.2, 0.25) is 0 Å². The molecule has 2 aliphatic heterocycles. The van der Waals surface area contributed by atoms with Crippen LogP contribution in [-0.2, 0) is 14.3 Å². The van der Waals surface area contributed by atoms with E-state index in [1.54, 1.807) is 6.07 Å². The number of rotatable bonds is 6. The molecule has 1 aromatic heterocycles. The summed E-state index contributed by atoms with van der Waals surface area (Å²) in [6.07, 6.45) is 1.21. The molecule has 2 unspecified atom stereocenters. The van der Waals surface area contributed by atoms with Crippen LogP contribution in [0.4, 0.5) is 0 Å².